The molecule has 0 fully saturated rings. The van der Waals surface area contributed by atoms with E-state index in [9.17, 15) is 13.2 Å². The van der Waals surface area contributed by atoms with Gasteiger partial charge in [0.15, 0.2) is 5.13 Å². The molecule has 3 rings (SSSR count). The molecule has 2 amide bonds. The van der Waals surface area contributed by atoms with Crippen LogP contribution in [-0.2, 0) is 23.0 Å². The molecule has 9 heteroatoms. The summed E-state index contributed by atoms with van der Waals surface area (Å²) in [5, 5.41) is 5.88. The van der Waals surface area contributed by atoms with E-state index in [-0.39, 0.29) is 6.03 Å². The molecule has 7 nitrogen and oxygen atoms in total. The van der Waals surface area contributed by atoms with Crippen LogP contribution in [-0.4, -0.2) is 36.5 Å². The molecule has 2 N–H and O–H groups in total. The Morgan fingerprint density at radius 1 is 1.26 bits per heavy atom. The Bertz CT molecular complexity index is 818. The van der Waals surface area contributed by atoms with Crippen molar-refractivity contribution in [1.82, 2.24) is 9.29 Å². The fraction of sp³-hybridized carbons (Fsp3) is 0.286. The fourth-order valence-corrected chi connectivity index (χ4v) is 4.18. The zero-order valence-corrected chi connectivity index (χ0v) is 14.1. The summed E-state index contributed by atoms with van der Waals surface area (Å²) >= 11 is 1.30. The molecule has 122 valence electrons. The van der Waals surface area contributed by atoms with Crippen molar-refractivity contribution in [2.45, 2.75) is 13.0 Å². The van der Waals surface area contributed by atoms with E-state index in [4.69, 9.17) is 0 Å². The highest BCUT2D eigenvalue weighted by Gasteiger charge is 2.26. The van der Waals surface area contributed by atoms with Gasteiger partial charge in [0.25, 0.3) is 0 Å². The van der Waals surface area contributed by atoms with Gasteiger partial charge < -0.3 is 5.32 Å². The zero-order valence-electron chi connectivity index (χ0n) is 12.4. The topological polar surface area (TPSA) is 91.4 Å². The highest BCUT2D eigenvalue weighted by molar-refractivity contribution is 7.88. The van der Waals surface area contributed by atoms with Gasteiger partial charge in [-0.1, -0.05) is 29.5 Å². The van der Waals surface area contributed by atoms with Crippen LogP contribution in [0.1, 0.15) is 10.6 Å². The van der Waals surface area contributed by atoms with E-state index >= 15 is 0 Å². The van der Waals surface area contributed by atoms with Crippen molar-refractivity contribution < 1.29 is 13.2 Å². The summed E-state index contributed by atoms with van der Waals surface area (Å²) in [6.07, 6.45) is 1.76. The van der Waals surface area contributed by atoms with Gasteiger partial charge in [0.2, 0.25) is 10.0 Å². The number of amides is 2. The van der Waals surface area contributed by atoms with Gasteiger partial charge in [-0.2, -0.15) is 4.31 Å². The number of urea groups is 1. The lowest BCUT2D eigenvalue weighted by Gasteiger charge is -2.23. The second-order valence-electron chi connectivity index (χ2n) is 5.18. The number of nitrogens with zero attached hydrogens (tertiary/aromatic N) is 2. The molecule has 23 heavy (non-hydrogen) atoms. The Morgan fingerprint density at radius 2 is 2.00 bits per heavy atom. The van der Waals surface area contributed by atoms with Crippen LogP contribution in [0, 0.1) is 0 Å². The molecule has 0 spiro atoms. The molecule has 0 unspecified atom stereocenters. The van der Waals surface area contributed by atoms with Crippen molar-refractivity contribution in [3.63, 3.8) is 0 Å². The quantitative estimate of drug-likeness (QED) is 0.885. The summed E-state index contributed by atoms with van der Waals surface area (Å²) in [6, 6.07) is 8.73. The van der Waals surface area contributed by atoms with Crippen LogP contribution in [0.2, 0.25) is 0 Å². The van der Waals surface area contributed by atoms with Gasteiger partial charge in [0, 0.05) is 30.1 Å². The van der Waals surface area contributed by atoms with Gasteiger partial charge >= 0.3 is 6.03 Å². The van der Waals surface area contributed by atoms with Gasteiger partial charge in [-0.3, -0.25) is 5.32 Å². The third kappa shape index (κ3) is 3.87. The second kappa shape index (κ2) is 6.26. The van der Waals surface area contributed by atoms with E-state index in [0.717, 1.165) is 10.6 Å². The average molecular weight is 352 g/mol. The number of thiazole rings is 1. The summed E-state index contributed by atoms with van der Waals surface area (Å²) in [4.78, 5) is 17.2. The summed E-state index contributed by atoms with van der Waals surface area (Å²) in [5.41, 5.74) is 1.54. The predicted octanol–water partition coefficient (Wildman–Crippen LogP) is 2.10. The molecule has 0 bridgehead atoms. The summed E-state index contributed by atoms with van der Waals surface area (Å²) in [7, 11) is -3.21. The molecule has 0 atom stereocenters. The average Bonchev–Trinajstić information content (AvgIpc) is 2.88. The first-order chi connectivity index (χ1) is 10.9. The van der Waals surface area contributed by atoms with E-state index in [2.05, 4.69) is 15.6 Å². The number of hydrogen-bond donors (Lipinski definition) is 2. The van der Waals surface area contributed by atoms with Crippen molar-refractivity contribution in [3.8, 4) is 0 Å². The monoisotopic (exact) mass is 352 g/mol. The maximum Gasteiger partial charge on any atom is 0.325 e. The number of sulfonamides is 1. The number of benzene rings is 1. The Hall–Kier alpha value is -1.97. The van der Waals surface area contributed by atoms with Gasteiger partial charge in [0.05, 0.1) is 11.9 Å². The first-order valence-electron chi connectivity index (χ1n) is 6.98. The molecule has 2 heterocycles. The Labute approximate surface area is 138 Å². The Morgan fingerprint density at radius 3 is 2.70 bits per heavy atom. The number of para-hydroxylation sites is 1. The normalized spacial score (nSPS) is 15.0. The SMILES string of the molecule is CS(=O)(=O)N1CCc2nc(NC(=O)Nc3ccccc3)sc2C1. The standard InChI is InChI=1S/C14H16N4O3S2/c1-23(20,21)18-8-7-11-12(9-18)22-14(16-11)17-13(19)15-10-5-3-2-4-6-10/h2-6H,7-9H2,1H3,(H2,15,16,17,19). The number of rotatable bonds is 3. The van der Waals surface area contributed by atoms with Crippen LogP contribution in [0.4, 0.5) is 15.6 Å². The number of fused-ring (bicyclic) bond motifs is 1. The maximum atomic E-state index is 12.0. The minimum Gasteiger partial charge on any atom is -0.308 e. The van der Waals surface area contributed by atoms with Crippen molar-refractivity contribution in [2.75, 3.05) is 23.4 Å². The minimum absolute atomic E-state index is 0.313. The third-order valence-corrected chi connectivity index (χ3v) is 5.66. The first kappa shape index (κ1) is 15.9. The lowest BCUT2D eigenvalue weighted by molar-refractivity contribution is 0.262. The molecule has 1 aliphatic heterocycles. The number of anilines is 2. The van der Waals surface area contributed by atoms with Crippen LogP contribution in [0.25, 0.3) is 0 Å². The van der Waals surface area contributed by atoms with Gasteiger partial charge in [-0.05, 0) is 12.1 Å². The van der Waals surface area contributed by atoms with Crippen LogP contribution >= 0.6 is 11.3 Å². The predicted molar refractivity (Wildman–Crippen MR) is 90.2 cm³/mol. The molecule has 0 saturated carbocycles. The molecular weight excluding hydrogens is 336 g/mol. The van der Waals surface area contributed by atoms with E-state index in [1.165, 1.54) is 21.9 Å². The van der Waals surface area contributed by atoms with Crippen LogP contribution < -0.4 is 10.6 Å². The number of carbonyl (C=O) groups is 1. The van der Waals surface area contributed by atoms with Crippen molar-refractivity contribution in [2.24, 2.45) is 0 Å². The smallest absolute Gasteiger partial charge is 0.308 e. The van der Waals surface area contributed by atoms with Gasteiger partial charge in [0.1, 0.15) is 0 Å². The number of nitrogens with one attached hydrogen (secondary N) is 2. The summed E-state index contributed by atoms with van der Waals surface area (Å²) < 4.78 is 24.6. The highest BCUT2D eigenvalue weighted by Crippen LogP contribution is 2.29. The molecule has 2 aromatic rings. The second-order valence-corrected chi connectivity index (χ2v) is 8.25. The lowest BCUT2D eigenvalue weighted by Crippen LogP contribution is -2.34. The number of carbonyl (C=O) groups excluding carboxylic acids is 1. The Kier molecular flexibility index (Phi) is 4.33. The summed E-state index contributed by atoms with van der Waals surface area (Å²) in [5.74, 6) is 0. The maximum absolute atomic E-state index is 12.0. The summed E-state index contributed by atoms with van der Waals surface area (Å²) in [6.45, 7) is 0.735. The van der Waals surface area contributed by atoms with E-state index in [0.29, 0.717) is 30.3 Å². The van der Waals surface area contributed by atoms with Crippen molar-refractivity contribution in [1.29, 1.82) is 0 Å². The van der Waals surface area contributed by atoms with Crippen LogP contribution in [0.5, 0.6) is 0 Å². The minimum atomic E-state index is -3.21. The van der Waals surface area contributed by atoms with Gasteiger partial charge in [-0.25, -0.2) is 18.2 Å². The van der Waals surface area contributed by atoms with Gasteiger partial charge in [-0.15, -0.1) is 0 Å². The highest BCUT2D eigenvalue weighted by atomic mass is 32.2. The van der Waals surface area contributed by atoms with Crippen molar-refractivity contribution >= 4 is 38.2 Å². The molecule has 1 aromatic carbocycles. The molecule has 0 aliphatic carbocycles. The molecular formula is C14H16N4O3S2. The number of hydrogen-bond acceptors (Lipinski definition) is 5. The number of aromatic nitrogens is 1. The van der Waals surface area contributed by atoms with Crippen LogP contribution in [0.15, 0.2) is 30.3 Å². The fourth-order valence-electron chi connectivity index (χ4n) is 2.29. The van der Waals surface area contributed by atoms with Crippen LogP contribution in [0.3, 0.4) is 0 Å². The Balaban J connectivity index is 1.67. The lowest BCUT2D eigenvalue weighted by atomic mass is 10.2. The zero-order chi connectivity index (χ0) is 16.4. The molecule has 1 aliphatic rings. The molecule has 1 aromatic heterocycles. The molecule has 0 saturated heterocycles. The largest absolute Gasteiger partial charge is 0.325 e. The first-order valence-corrected chi connectivity index (χ1v) is 9.65. The molecule has 0 radical (unpaired) electrons. The van der Waals surface area contributed by atoms with Crippen molar-refractivity contribution in [3.05, 3.63) is 40.9 Å². The van der Waals surface area contributed by atoms with E-state index < -0.39 is 10.0 Å². The third-order valence-electron chi connectivity index (χ3n) is 3.42. The van der Waals surface area contributed by atoms with E-state index in [1.807, 2.05) is 18.2 Å². The van der Waals surface area contributed by atoms with E-state index in [1.54, 1.807) is 12.1 Å².